The minimum Gasteiger partial charge on any atom is -0.497 e. The van der Waals surface area contributed by atoms with Gasteiger partial charge in [-0.3, -0.25) is 4.57 Å². The Kier molecular flexibility index (Phi) is 8.40. The molecular weight excluding hydrogens is 617 g/mol. The lowest BCUT2D eigenvalue weighted by atomic mass is 9.59. The second-order valence-corrected chi connectivity index (χ2v) is 16.1. The van der Waals surface area contributed by atoms with Gasteiger partial charge >= 0.3 is 0 Å². The Bertz CT molecular complexity index is 2260. The van der Waals surface area contributed by atoms with E-state index in [1.54, 1.807) is 18.9 Å². The molecule has 0 N–H and O–H groups in total. The Morgan fingerprint density at radius 1 is 0.780 bits per heavy atom. The number of hydrogen-bond donors (Lipinski definition) is 0. The zero-order valence-corrected chi connectivity index (χ0v) is 31.3. The summed E-state index contributed by atoms with van der Waals surface area (Å²) in [6.07, 6.45) is 6.63. The van der Waals surface area contributed by atoms with Gasteiger partial charge in [-0.1, -0.05) is 71.4 Å². The highest BCUT2D eigenvalue weighted by Crippen LogP contribution is 2.53. The number of aryl methyl sites for hydroxylation is 2. The van der Waals surface area contributed by atoms with Crippen LogP contribution in [0.15, 0.2) is 90.6 Å². The summed E-state index contributed by atoms with van der Waals surface area (Å²) < 4.78 is 16.5. The molecule has 7 rings (SSSR count). The summed E-state index contributed by atoms with van der Waals surface area (Å²) in [4.78, 5) is 4.72. The zero-order chi connectivity index (χ0) is 35.5. The van der Waals surface area contributed by atoms with E-state index in [1.807, 2.05) is 12.1 Å². The number of rotatable bonds is 6. The second kappa shape index (κ2) is 12.5. The summed E-state index contributed by atoms with van der Waals surface area (Å²) >= 11 is 0. The third kappa shape index (κ3) is 5.99. The number of benzene rings is 3. The minimum absolute atomic E-state index is 0.0787. The van der Waals surface area contributed by atoms with E-state index in [0.717, 1.165) is 68.2 Å². The van der Waals surface area contributed by atoms with Crippen LogP contribution in [0, 0.1) is 37.5 Å². The Morgan fingerprint density at radius 2 is 1.54 bits per heavy atom. The number of pyridine rings is 1. The number of nitrogens with zero attached hydrogens (tertiary/aromatic N) is 4. The van der Waals surface area contributed by atoms with Crippen LogP contribution in [0.4, 0.5) is 0 Å². The predicted octanol–water partition coefficient (Wildman–Crippen LogP) is 11.6. The number of allylic oxidation sites excluding steroid dienone is 2. The first-order chi connectivity index (χ1) is 23.7. The van der Waals surface area contributed by atoms with E-state index in [-0.39, 0.29) is 10.8 Å². The molecule has 6 heteroatoms. The van der Waals surface area contributed by atoms with Crippen molar-refractivity contribution in [2.24, 2.45) is 16.7 Å². The molecule has 3 heterocycles. The van der Waals surface area contributed by atoms with Gasteiger partial charge in [0.25, 0.3) is 0 Å². The molecule has 258 valence electrons. The van der Waals surface area contributed by atoms with Gasteiger partial charge in [-0.05, 0) is 92.3 Å². The lowest BCUT2D eigenvalue weighted by Gasteiger charge is -2.45. The highest BCUT2D eigenvalue weighted by molar-refractivity contribution is 6.09. The van der Waals surface area contributed by atoms with Crippen LogP contribution in [0.2, 0.25) is 0 Å². The molecule has 0 fully saturated rings. The van der Waals surface area contributed by atoms with Crippen molar-refractivity contribution in [3.05, 3.63) is 113 Å². The first-order valence-electron chi connectivity index (χ1n) is 17.8. The summed E-state index contributed by atoms with van der Waals surface area (Å²) in [6, 6.07) is 25.0. The van der Waals surface area contributed by atoms with Gasteiger partial charge in [0.1, 0.15) is 23.1 Å². The summed E-state index contributed by atoms with van der Waals surface area (Å²) in [5.41, 5.74) is 9.69. The smallest absolute Gasteiger partial charge is 0.141 e. The number of hydrogen-bond acceptors (Lipinski definition) is 4. The van der Waals surface area contributed by atoms with Gasteiger partial charge < -0.3 is 9.47 Å². The van der Waals surface area contributed by atoms with E-state index in [4.69, 9.17) is 19.6 Å². The Balaban J connectivity index is 1.29. The van der Waals surface area contributed by atoms with Crippen molar-refractivity contribution in [3.8, 4) is 28.8 Å². The van der Waals surface area contributed by atoms with Gasteiger partial charge in [-0.2, -0.15) is 5.10 Å². The van der Waals surface area contributed by atoms with E-state index in [9.17, 15) is 0 Å². The van der Waals surface area contributed by atoms with Gasteiger partial charge in [-0.25, -0.2) is 9.67 Å². The van der Waals surface area contributed by atoms with Crippen LogP contribution in [-0.4, -0.2) is 26.4 Å². The SMILES string of the molecule is COc1ccnc(-n2c3ccccc3c3ccc(Oc4cc(C)cc(-n5nc(C)c(C6C(C(C)(C)C)=CCC[C@@H]6C(C)(C)C)c5C)c4)cc32)c1. The number of ether oxygens (including phenoxy) is 2. The van der Waals surface area contributed by atoms with Crippen LogP contribution in [0.25, 0.3) is 33.3 Å². The number of methoxy groups -OCH3 is 1. The van der Waals surface area contributed by atoms with E-state index < -0.39 is 0 Å². The quantitative estimate of drug-likeness (QED) is 0.166. The molecule has 3 aromatic heterocycles. The average Bonchev–Trinajstić information content (AvgIpc) is 3.55. The molecule has 1 aliphatic carbocycles. The van der Waals surface area contributed by atoms with Crippen molar-refractivity contribution >= 4 is 21.8 Å². The standard InChI is InChI=1S/C44H50N4O2/c1-27-22-30(48-29(3)41(28(2)46-48)42-36(43(4,5)6)15-13-16-37(42)44(7,8)9)24-33(23-27)50-32-18-19-35-34-14-11-12-17-38(34)47(39(35)25-32)40-26-31(49-10)20-21-45-40/h11-12,14-15,17-26,37,42H,13,16H2,1-10H3/t37-,42?/m0/s1. The Labute approximate surface area is 296 Å². The fourth-order valence-corrected chi connectivity index (χ4v) is 8.30. The lowest BCUT2D eigenvalue weighted by molar-refractivity contribution is 0.180. The van der Waals surface area contributed by atoms with E-state index in [0.29, 0.717) is 11.8 Å². The maximum absolute atomic E-state index is 6.67. The number of para-hydroxylation sites is 1. The average molecular weight is 667 g/mol. The molecule has 6 aromatic rings. The molecule has 0 radical (unpaired) electrons. The van der Waals surface area contributed by atoms with Gasteiger partial charge in [0, 0.05) is 52.3 Å². The van der Waals surface area contributed by atoms with Crippen LogP contribution in [0.1, 0.15) is 82.8 Å². The van der Waals surface area contributed by atoms with Gasteiger partial charge in [0.2, 0.25) is 0 Å². The largest absolute Gasteiger partial charge is 0.497 e. The van der Waals surface area contributed by atoms with Crippen LogP contribution >= 0.6 is 0 Å². The molecule has 1 unspecified atom stereocenters. The molecule has 0 saturated carbocycles. The summed E-state index contributed by atoms with van der Waals surface area (Å²) in [5, 5.41) is 7.51. The molecule has 1 aliphatic rings. The van der Waals surface area contributed by atoms with Crippen LogP contribution in [0.3, 0.4) is 0 Å². The molecule has 0 aliphatic heterocycles. The first kappa shape index (κ1) is 33.6. The van der Waals surface area contributed by atoms with Crippen LogP contribution < -0.4 is 9.47 Å². The summed E-state index contributed by atoms with van der Waals surface area (Å²) in [6.45, 7) is 20.8. The van der Waals surface area contributed by atoms with E-state index in [1.165, 1.54) is 17.7 Å². The highest BCUT2D eigenvalue weighted by Gasteiger charge is 2.42. The molecular formula is C44H50N4O2. The predicted molar refractivity (Wildman–Crippen MR) is 205 cm³/mol. The summed E-state index contributed by atoms with van der Waals surface area (Å²) in [7, 11) is 1.68. The van der Waals surface area contributed by atoms with E-state index >= 15 is 0 Å². The number of fused-ring (bicyclic) bond motifs is 3. The van der Waals surface area contributed by atoms with Crippen molar-refractivity contribution in [1.82, 2.24) is 19.3 Å². The Morgan fingerprint density at radius 3 is 2.28 bits per heavy atom. The number of aromatic nitrogens is 4. The van der Waals surface area contributed by atoms with Crippen molar-refractivity contribution < 1.29 is 9.47 Å². The second-order valence-electron chi connectivity index (χ2n) is 16.1. The molecule has 50 heavy (non-hydrogen) atoms. The molecule has 0 bridgehead atoms. The van der Waals surface area contributed by atoms with Gasteiger partial charge in [-0.15, -0.1) is 0 Å². The normalized spacial score (nSPS) is 17.0. The fraction of sp³-hybridized carbons (Fsp3) is 0.364. The molecule has 0 saturated heterocycles. The molecule has 0 spiro atoms. The minimum atomic E-state index is 0.0787. The summed E-state index contributed by atoms with van der Waals surface area (Å²) in [5.74, 6) is 3.95. The molecule has 6 nitrogen and oxygen atoms in total. The third-order valence-corrected chi connectivity index (χ3v) is 10.6. The topological polar surface area (TPSA) is 54.1 Å². The van der Waals surface area contributed by atoms with Gasteiger partial charge in [0.05, 0.1) is 29.5 Å². The van der Waals surface area contributed by atoms with Crippen molar-refractivity contribution in [2.45, 2.75) is 81.1 Å². The maximum atomic E-state index is 6.67. The monoisotopic (exact) mass is 666 g/mol. The first-order valence-corrected chi connectivity index (χ1v) is 17.8. The highest BCUT2D eigenvalue weighted by atomic mass is 16.5. The molecule has 2 atom stereocenters. The Hall–Kier alpha value is -4.84. The third-order valence-electron chi connectivity index (χ3n) is 10.6. The molecule has 3 aromatic carbocycles. The molecule has 0 amide bonds. The zero-order valence-electron chi connectivity index (χ0n) is 31.3. The van der Waals surface area contributed by atoms with Crippen LogP contribution in [-0.2, 0) is 0 Å². The van der Waals surface area contributed by atoms with Crippen LogP contribution in [0.5, 0.6) is 17.2 Å². The fourth-order valence-electron chi connectivity index (χ4n) is 8.30. The van der Waals surface area contributed by atoms with Gasteiger partial charge in [0.15, 0.2) is 0 Å². The van der Waals surface area contributed by atoms with Crippen molar-refractivity contribution in [1.29, 1.82) is 0 Å². The van der Waals surface area contributed by atoms with Crippen molar-refractivity contribution in [3.63, 3.8) is 0 Å². The van der Waals surface area contributed by atoms with E-state index in [2.05, 4.69) is 138 Å². The van der Waals surface area contributed by atoms with Crippen molar-refractivity contribution in [2.75, 3.05) is 7.11 Å². The lowest BCUT2D eigenvalue weighted by Crippen LogP contribution is -2.34. The maximum Gasteiger partial charge on any atom is 0.141 e.